The molecule has 0 spiro atoms. The summed E-state index contributed by atoms with van der Waals surface area (Å²) in [7, 11) is 1.71. The molecule has 1 aromatic carbocycles. The second kappa shape index (κ2) is 3.66. The summed E-state index contributed by atoms with van der Waals surface area (Å²) in [6.45, 7) is 2.85. The Hall–Kier alpha value is -1.22. The molecule has 1 aliphatic heterocycles. The smallest absolute Gasteiger partial charge is 0.125 e. The fourth-order valence-electron chi connectivity index (χ4n) is 1.60. The molecule has 0 aliphatic carbocycles. The van der Waals surface area contributed by atoms with Crippen molar-refractivity contribution in [2.45, 2.75) is 6.54 Å². The van der Waals surface area contributed by atoms with E-state index in [4.69, 9.17) is 4.74 Å². The number of benzene rings is 1. The van der Waals surface area contributed by atoms with Crippen molar-refractivity contribution in [2.75, 3.05) is 25.5 Å². The van der Waals surface area contributed by atoms with Crippen molar-refractivity contribution in [3.63, 3.8) is 0 Å². The van der Waals surface area contributed by atoms with Gasteiger partial charge in [0.25, 0.3) is 0 Å². The topological polar surface area (TPSA) is 33.3 Å². The lowest BCUT2D eigenvalue weighted by molar-refractivity contribution is 0.409. The minimum Gasteiger partial charge on any atom is -0.496 e. The van der Waals surface area contributed by atoms with Crippen molar-refractivity contribution in [2.24, 2.45) is 0 Å². The van der Waals surface area contributed by atoms with E-state index >= 15 is 0 Å². The molecule has 1 aromatic rings. The lowest BCUT2D eigenvalue weighted by Crippen LogP contribution is -2.17. The van der Waals surface area contributed by atoms with Gasteiger partial charge in [-0.05, 0) is 12.1 Å². The van der Waals surface area contributed by atoms with Crippen molar-refractivity contribution in [1.29, 1.82) is 0 Å². The summed E-state index contributed by atoms with van der Waals surface area (Å²) in [5, 5.41) is 6.69. The maximum Gasteiger partial charge on any atom is 0.125 e. The van der Waals surface area contributed by atoms with Crippen LogP contribution in [-0.2, 0) is 6.54 Å². The van der Waals surface area contributed by atoms with Crippen molar-refractivity contribution in [3.05, 3.63) is 23.8 Å². The van der Waals surface area contributed by atoms with Crippen LogP contribution in [0.1, 0.15) is 5.56 Å². The first-order chi connectivity index (χ1) is 6.42. The van der Waals surface area contributed by atoms with E-state index in [9.17, 15) is 0 Å². The lowest BCUT2D eigenvalue weighted by Gasteiger charge is -2.10. The highest BCUT2D eigenvalue weighted by Gasteiger charge is 2.10. The summed E-state index contributed by atoms with van der Waals surface area (Å²) < 4.78 is 5.29. The molecular formula is C10H14N2O. The van der Waals surface area contributed by atoms with Crippen LogP contribution in [-0.4, -0.2) is 20.2 Å². The van der Waals surface area contributed by atoms with Gasteiger partial charge in [-0.1, -0.05) is 6.07 Å². The van der Waals surface area contributed by atoms with Gasteiger partial charge in [-0.25, -0.2) is 0 Å². The maximum absolute atomic E-state index is 5.29. The maximum atomic E-state index is 5.29. The highest BCUT2D eigenvalue weighted by Crippen LogP contribution is 2.26. The molecule has 0 amide bonds. The van der Waals surface area contributed by atoms with Gasteiger partial charge < -0.3 is 15.4 Å². The monoisotopic (exact) mass is 178 g/mol. The third-order valence-electron chi connectivity index (χ3n) is 2.27. The van der Waals surface area contributed by atoms with Crippen LogP contribution >= 0.6 is 0 Å². The number of fused-ring (bicyclic) bond motifs is 1. The zero-order valence-electron chi connectivity index (χ0n) is 7.76. The van der Waals surface area contributed by atoms with Crippen LogP contribution in [0.15, 0.2) is 18.2 Å². The van der Waals surface area contributed by atoms with Gasteiger partial charge in [0.1, 0.15) is 5.75 Å². The van der Waals surface area contributed by atoms with Crippen molar-refractivity contribution in [3.8, 4) is 5.75 Å². The quantitative estimate of drug-likeness (QED) is 0.678. The average molecular weight is 178 g/mol. The molecule has 0 saturated carbocycles. The Morgan fingerprint density at radius 1 is 1.31 bits per heavy atom. The zero-order chi connectivity index (χ0) is 9.10. The van der Waals surface area contributed by atoms with Gasteiger partial charge in [-0.15, -0.1) is 0 Å². The number of methoxy groups -OCH3 is 1. The highest BCUT2D eigenvalue weighted by molar-refractivity contribution is 5.58. The molecule has 1 heterocycles. The van der Waals surface area contributed by atoms with E-state index in [1.165, 1.54) is 11.3 Å². The second-order valence-electron chi connectivity index (χ2n) is 3.09. The number of hydrogen-bond acceptors (Lipinski definition) is 3. The van der Waals surface area contributed by atoms with E-state index < -0.39 is 0 Å². The molecule has 0 bridgehead atoms. The first-order valence-electron chi connectivity index (χ1n) is 4.52. The summed E-state index contributed by atoms with van der Waals surface area (Å²) in [4.78, 5) is 0. The van der Waals surface area contributed by atoms with Crippen molar-refractivity contribution >= 4 is 5.69 Å². The SMILES string of the molecule is COc1cccc2c1CNCCN2. The number of hydrogen-bond donors (Lipinski definition) is 2. The van der Waals surface area contributed by atoms with Gasteiger partial charge in [-0.3, -0.25) is 0 Å². The fraction of sp³-hybridized carbons (Fsp3) is 0.400. The molecule has 3 heteroatoms. The predicted molar refractivity (Wildman–Crippen MR) is 53.2 cm³/mol. The van der Waals surface area contributed by atoms with E-state index in [0.29, 0.717) is 0 Å². The van der Waals surface area contributed by atoms with E-state index in [-0.39, 0.29) is 0 Å². The third kappa shape index (κ3) is 1.60. The largest absolute Gasteiger partial charge is 0.496 e. The highest BCUT2D eigenvalue weighted by atomic mass is 16.5. The van der Waals surface area contributed by atoms with Gasteiger partial charge in [0, 0.05) is 30.9 Å². The first-order valence-corrected chi connectivity index (χ1v) is 4.52. The molecule has 0 fully saturated rings. The molecule has 0 radical (unpaired) electrons. The molecule has 0 aromatic heterocycles. The van der Waals surface area contributed by atoms with E-state index in [1.807, 2.05) is 12.1 Å². The van der Waals surface area contributed by atoms with Crippen LogP contribution in [0.2, 0.25) is 0 Å². The number of rotatable bonds is 1. The summed E-state index contributed by atoms with van der Waals surface area (Å²) >= 11 is 0. The zero-order valence-corrected chi connectivity index (χ0v) is 7.76. The molecule has 13 heavy (non-hydrogen) atoms. The Bertz CT molecular complexity index is 299. The minimum atomic E-state index is 0.881. The third-order valence-corrected chi connectivity index (χ3v) is 2.27. The number of nitrogens with one attached hydrogen (secondary N) is 2. The molecule has 0 saturated heterocycles. The first kappa shape index (κ1) is 8.38. The van der Waals surface area contributed by atoms with Crippen molar-refractivity contribution in [1.82, 2.24) is 5.32 Å². The Morgan fingerprint density at radius 3 is 3.08 bits per heavy atom. The van der Waals surface area contributed by atoms with Gasteiger partial charge >= 0.3 is 0 Å². The summed E-state index contributed by atoms with van der Waals surface area (Å²) in [6, 6.07) is 6.09. The number of ether oxygens (including phenoxy) is 1. The Morgan fingerprint density at radius 2 is 2.23 bits per heavy atom. The molecule has 0 atom stereocenters. The predicted octanol–water partition coefficient (Wildman–Crippen LogP) is 1.21. The normalized spacial score (nSPS) is 15.5. The van der Waals surface area contributed by atoms with E-state index in [0.717, 1.165) is 25.4 Å². The second-order valence-corrected chi connectivity index (χ2v) is 3.09. The Balaban J connectivity index is 2.40. The average Bonchev–Trinajstić information content (AvgIpc) is 2.41. The van der Waals surface area contributed by atoms with Gasteiger partial charge in [-0.2, -0.15) is 0 Å². The molecule has 3 nitrogen and oxygen atoms in total. The van der Waals surface area contributed by atoms with Gasteiger partial charge in [0.05, 0.1) is 7.11 Å². The van der Waals surface area contributed by atoms with E-state index in [1.54, 1.807) is 7.11 Å². The van der Waals surface area contributed by atoms with Crippen LogP contribution < -0.4 is 15.4 Å². The summed E-state index contributed by atoms with van der Waals surface area (Å²) in [5.41, 5.74) is 2.41. The molecule has 2 rings (SSSR count). The molecule has 0 unspecified atom stereocenters. The molecule has 2 N–H and O–H groups in total. The summed E-state index contributed by atoms with van der Waals surface area (Å²) in [6.07, 6.45) is 0. The van der Waals surface area contributed by atoms with Crippen LogP contribution in [0.4, 0.5) is 5.69 Å². The van der Waals surface area contributed by atoms with E-state index in [2.05, 4.69) is 16.7 Å². The van der Waals surface area contributed by atoms with Crippen LogP contribution in [0.3, 0.4) is 0 Å². The summed E-state index contributed by atoms with van der Waals surface area (Å²) in [5.74, 6) is 0.958. The van der Waals surface area contributed by atoms with Crippen molar-refractivity contribution < 1.29 is 4.74 Å². The number of anilines is 1. The van der Waals surface area contributed by atoms with Crippen LogP contribution in [0, 0.1) is 0 Å². The molecular weight excluding hydrogens is 164 g/mol. The van der Waals surface area contributed by atoms with Crippen LogP contribution in [0.25, 0.3) is 0 Å². The standard InChI is InChI=1S/C10H14N2O/c1-13-10-4-2-3-9-8(10)7-11-5-6-12-9/h2-4,11-12H,5-7H2,1H3. The van der Waals surface area contributed by atoms with Gasteiger partial charge in [0.15, 0.2) is 0 Å². The molecule has 1 aliphatic rings. The van der Waals surface area contributed by atoms with Crippen LogP contribution in [0.5, 0.6) is 5.75 Å². The lowest BCUT2D eigenvalue weighted by atomic mass is 10.1. The Labute approximate surface area is 78.1 Å². The minimum absolute atomic E-state index is 0.881. The Kier molecular flexibility index (Phi) is 2.36. The molecule has 70 valence electrons. The van der Waals surface area contributed by atoms with Gasteiger partial charge in [0.2, 0.25) is 0 Å². The fourth-order valence-corrected chi connectivity index (χ4v) is 1.60.